The molecule has 0 saturated carbocycles. The molecule has 0 spiro atoms. The molecule has 2 rings (SSSR count). The number of aliphatic hydroxyl groups is 2. The lowest BCUT2D eigenvalue weighted by Crippen LogP contribution is -2.37. The summed E-state index contributed by atoms with van der Waals surface area (Å²) < 4.78 is 13.9. The van der Waals surface area contributed by atoms with E-state index in [1.807, 2.05) is 4.90 Å². The highest BCUT2D eigenvalue weighted by Crippen LogP contribution is 2.31. The van der Waals surface area contributed by atoms with Crippen LogP contribution in [-0.2, 0) is 0 Å². The summed E-state index contributed by atoms with van der Waals surface area (Å²) in [4.78, 5) is 1.91. The van der Waals surface area contributed by atoms with Gasteiger partial charge in [0.25, 0.3) is 0 Å². The van der Waals surface area contributed by atoms with E-state index in [9.17, 15) is 14.6 Å². The molecule has 94 valence electrons. The Morgan fingerprint density at radius 3 is 2.59 bits per heavy atom. The molecule has 1 aliphatic rings. The summed E-state index contributed by atoms with van der Waals surface area (Å²) in [6.07, 6.45) is 0.321. The number of piperidine rings is 1. The molecule has 1 heterocycles. The molecule has 1 aromatic carbocycles. The largest absolute Gasteiger partial charge is 0.393 e. The highest BCUT2D eigenvalue weighted by Gasteiger charge is 2.23. The van der Waals surface area contributed by atoms with Crippen LogP contribution in [0.2, 0.25) is 0 Å². The second-order valence-electron chi connectivity index (χ2n) is 4.57. The monoisotopic (exact) mass is 239 g/mol. The molecule has 1 saturated heterocycles. The van der Waals surface area contributed by atoms with Crippen LogP contribution < -0.4 is 4.90 Å². The summed E-state index contributed by atoms with van der Waals surface area (Å²) in [7, 11) is 0. The highest BCUT2D eigenvalue weighted by atomic mass is 19.1. The fraction of sp³-hybridized carbons (Fsp3) is 0.538. The van der Waals surface area contributed by atoms with Crippen molar-refractivity contribution in [3.8, 4) is 0 Å². The number of para-hydroxylation sites is 1. The predicted octanol–water partition coefficient (Wildman–Crippen LogP) is 1.84. The van der Waals surface area contributed by atoms with Crippen LogP contribution in [0, 0.1) is 5.82 Å². The number of hydrogen-bond donors (Lipinski definition) is 2. The topological polar surface area (TPSA) is 43.7 Å². The standard InChI is InChI=1S/C13H18FNO2/c1-9(16)11-3-2-4-12(14)13(11)15-7-5-10(17)6-8-15/h2-4,9-10,16-17H,5-8H2,1H3/t9-/m1/s1. The number of hydrogen-bond acceptors (Lipinski definition) is 3. The maximum atomic E-state index is 13.9. The predicted molar refractivity (Wildman–Crippen MR) is 64.5 cm³/mol. The van der Waals surface area contributed by atoms with E-state index in [4.69, 9.17) is 0 Å². The number of nitrogens with zero attached hydrogens (tertiary/aromatic N) is 1. The average molecular weight is 239 g/mol. The average Bonchev–Trinajstić information content (AvgIpc) is 2.30. The summed E-state index contributed by atoms with van der Waals surface area (Å²) >= 11 is 0. The quantitative estimate of drug-likeness (QED) is 0.827. The van der Waals surface area contributed by atoms with Crippen molar-refractivity contribution in [1.29, 1.82) is 0 Å². The molecule has 4 heteroatoms. The normalized spacial score (nSPS) is 19.4. The summed E-state index contributed by atoms with van der Waals surface area (Å²) in [6.45, 7) is 2.89. The van der Waals surface area contributed by atoms with Crippen molar-refractivity contribution in [1.82, 2.24) is 0 Å². The minimum atomic E-state index is -0.687. The maximum absolute atomic E-state index is 13.9. The fourth-order valence-electron chi connectivity index (χ4n) is 2.29. The van der Waals surface area contributed by atoms with Crippen molar-refractivity contribution >= 4 is 5.69 Å². The summed E-state index contributed by atoms with van der Waals surface area (Å²) in [6, 6.07) is 4.76. The van der Waals surface area contributed by atoms with Crippen LogP contribution in [0.5, 0.6) is 0 Å². The second-order valence-corrected chi connectivity index (χ2v) is 4.57. The smallest absolute Gasteiger partial charge is 0.146 e. The maximum Gasteiger partial charge on any atom is 0.146 e. The first kappa shape index (κ1) is 12.3. The van der Waals surface area contributed by atoms with Crippen LogP contribution in [0.4, 0.5) is 10.1 Å². The molecular weight excluding hydrogens is 221 g/mol. The molecule has 1 atom stereocenters. The molecule has 2 N–H and O–H groups in total. The molecule has 17 heavy (non-hydrogen) atoms. The molecule has 1 aliphatic heterocycles. The molecule has 0 unspecified atom stereocenters. The van der Waals surface area contributed by atoms with Gasteiger partial charge in [-0.15, -0.1) is 0 Å². The van der Waals surface area contributed by atoms with E-state index in [1.165, 1.54) is 6.07 Å². The first-order chi connectivity index (χ1) is 8.09. The molecular formula is C13H18FNO2. The van der Waals surface area contributed by atoms with Crippen molar-refractivity contribution in [2.24, 2.45) is 0 Å². The van der Waals surface area contributed by atoms with E-state index in [0.717, 1.165) is 0 Å². The summed E-state index contributed by atoms with van der Waals surface area (Å²) in [5.41, 5.74) is 1.09. The van der Waals surface area contributed by atoms with Crippen LogP contribution >= 0.6 is 0 Å². The third-order valence-electron chi connectivity index (χ3n) is 3.25. The molecule has 0 radical (unpaired) electrons. The van der Waals surface area contributed by atoms with E-state index in [1.54, 1.807) is 19.1 Å². The highest BCUT2D eigenvalue weighted by molar-refractivity contribution is 5.56. The lowest BCUT2D eigenvalue weighted by atomic mass is 10.0. The van der Waals surface area contributed by atoms with Gasteiger partial charge in [-0.25, -0.2) is 4.39 Å². The molecule has 0 aliphatic carbocycles. The Bertz CT molecular complexity index is 387. The van der Waals surface area contributed by atoms with Gasteiger partial charge < -0.3 is 15.1 Å². The number of benzene rings is 1. The van der Waals surface area contributed by atoms with Gasteiger partial charge in [0.05, 0.1) is 17.9 Å². The SMILES string of the molecule is C[C@@H](O)c1cccc(F)c1N1CCC(O)CC1. The van der Waals surface area contributed by atoms with Gasteiger partial charge in [-0.2, -0.15) is 0 Å². The second kappa shape index (κ2) is 5.02. The number of anilines is 1. The lowest BCUT2D eigenvalue weighted by Gasteiger charge is -2.33. The molecule has 1 aromatic rings. The number of halogens is 1. The molecule has 0 bridgehead atoms. The Hall–Kier alpha value is -1.13. The van der Waals surface area contributed by atoms with Gasteiger partial charge in [-0.1, -0.05) is 12.1 Å². The van der Waals surface area contributed by atoms with Crippen LogP contribution in [0.25, 0.3) is 0 Å². The van der Waals surface area contributed by atoms with E-state index < -0.39 is 6.10 Å². The first-order valence-electron chi connectivity index (χ1n) is 5.99. The van der Waals surface area contributed by atoms with Crippen molar-refractivity contribution in [3.63, 3.8) is 0 Å². The Morgan fingerprint density at radius 2 is 2.00 bits per heavy atom. The molecule has 3 nitrogen and oxygen atoms in total. The summed E-state index contributed by atoms with van der Waals surface area (Å²) in [5.74, 6) is -0.306. The minimum Gasteiger partial charge on any atom is -0.393 e. The van der Waals surface area contributed by atoms with Crippen molar-refractivity contribution in [2.75, 3.05) is 18.0 Å². The van der Waals surface area contributed by atoms with Crippen molar-refractivity contribution in [2.45, 2.75) is 32.0 Å². The van der Waals surface area contributed by atoms with E-state index in [0.29, 0.717) is 37.2 Å². The van der Waals surface area contributed by atoms with E-state index in [2.05, 4.69) is 0 Å². The van der Waals surface area contributed by atoms with Crippen molar-refractivity contribution in [3.05, 3.63) is 29.6 Å². The van der Waals surface area contributed by atoms with Gasteiger partial charge in [-0.05, 0) is 25.8 Å². The minimum absolute atomic E-state index is 0.284. The van der Waals surface area contributed by atoms with Gasteiger partial charge in [0.15, 0.2) is 0 Å². The third kappa shape index (κ3) is 2.58. The lowest BCUT2D eigenvalue weighted by molar-refractivity contribution is 0.145. The summed E-state index contributed by atoms with van der Waals surface area (Å²) in [5, 5.41) is 19.1. The molecule has 1 fully saturated rings. The number of aliphatic hydroxyl groups excluding tert-OH is 2. The third-order valence-corrected chi connectivity index (χ3v) is 3.25. The first-order valence-corrected chi connectivity index (χ1v) is 5.99. The number of rotatable bonds is 2. The van der Waals surface area contributed by atoms with Gasteiger partial charge in [0.2, 0.25) is 0 Å². The fourth-order valence-corrected chi connectivity index (χ4v) is 2.29. The zero-order valence-corrected chi connectivity index (χ0v) is 9.93. The Kier molecular flexibility index (Phi) is 3.64. The zero-order valence-electron chi connectivity index (χ0n) is 9.93. The van der Waals surface area contributed by atoms with Crippen LogP contribution in [-0.4, -0.2) is 29.4 Å². The van der Waals surface area contributed by atoms with E-state index in [-0.39, 0.29) is 11.9 Å². The van der Waals surface area contributed by atoms with Crippen LogP contribution in [0.1, 0.15) is 31.4 Å². The van der Waals surface area contributed by atoms with Gasteiger partial charge in [0.1, 0.15) is 5.82 Å². The zero-order chi connectivity index (χ0) is 12.4. The van der Waals surface area contributed by atoms with Gasteiger partial charge in [0, 0.05) is 18.7 Å². The Labute approximate surface area is 100 Å². The van der Waals surface area contributed by atoms with E-state index >= 15 is 0 Å². The van der Waals surface area contributed by atoms with Crippen LogP contribution in [0.15, 0.2) is 18.2 Å². The van der Waals surface area contributed by atoms with Crippen molar-refractivity contribution < 1.29 is 14.6 Å². The Morgan fingerprint density at radius 1 is 1.35 bits per heavy atom. The van der Waals surface area contributed by atoms with Gasteiger partial charge >= 0.3 is 0 Å². The molecule has 0 aromatic heterocycles. The molecule has 0 amide bonds. The van der Waals surface area contributed by atoms with Gasteiger partial charge in [-0.3, -0.25) is 0 Å². The van der Waals surface area contributed by atoms with Crippen LogP contribution in [0.3, 0.4) is 0 Å². The Balaban J connectivity index is 2.30.